The Balaban J connectivity index is 2.11. The highest BCUT2D eigenvalue weighted by Crippen LogP contribution is 2.37. The van der Waals surface area contributed by atoms with Crippen LogP contribution >= 0.6 is 12.2 Å². The fourth-order valence-electron chi connectivity index (χ4n) is 3.15. The van der Waals surface area contributed by atoms with E-state index in [1.807, 2.05) is 42.5 Å². The Hall–Kier alpha value is -2.37. The van der Waals surface area contributed by atoms with E-state index in [0.717, 1.165) is 36.0 Å². The molecule has 2 aromatic carbocycles. The second kappa shape index (κ2) is 13.8. The molecule has 0 aliphatic rings. The summed E-state index contributed by atoms with van der Waals surface area (Å²) in [7, 11) is 0. The summed E-state index contributed by atoms with van der Waals surface area (Å²) in [5.74, 6) is 1.92. The summed E-state index contributed by atoms with van der Waals surface area (Å²) in [5.41, 5.74) is 3.66. The Morgan fingerprint density at radius 1 is 1.03 bits per heavy atom. The number of rotatable bonds is 14. The first-order valence-electron chi connectivity index (χ1n) is 10.3. The van der Waals surface area contributed by atoms with E-state index in [0.29, 0.717) is 42.4 Å². The van der Waals surface area contributed by atoms with Gasteiger partial charge in [0.1, 0.15) is 29.6 Å². The summed E-state index contributed by atoms with van der Waals surface area (Å²) in [6, 6.07) is 11.4. The van der Waals surface area contributed by atoms with Gasteiger partial charge in [-0.25, -0.2) is 4.99 Å². The molecule has 31 heavy (non-hydrogen) atoms. The first-order valence-corrected chi connectivity index (χ1v) is 12.2. The van der Waals surface area contributed by atoms with Crippen LogP contribution in [0.3, 0.4) is 0 Å². The van der Waals surface area contributed by atoms with Crippen molar-refractivity contribution in [2.45, 2.75) is 25.7 Å². The molecule has 0 radical (unpaired) electrons. The molecule has 0 fully saturated rings. The molecule has 0 bridgehead atoms. The lowest BCUT2D eigenvalue weighted by Gasteiger charge is -2.16. The maximum atomic E-state index is 12.2. The third-order valence-corrected chi connectivity index (χ3v) is 6.18. The van der Waals surface area contributed by atoms with Gasteiger partial charge in [-0.05, 0) is 73.3 Å². The van der Waals surface area contributed by atoms with Crippen LogP contribution in [0.15, 0.2) is 66.7 Å². The van der Waals surface area contributed by atoms with Gasteiger partial charge in [-0.2, -0.15) is 0 Å². The molecule has 164 valence electrons. The van der Waals surface area contributed by atoms with E-state index in [9.17, 15) is 9.66 Å². The monoisotopic (exact) mass is 455 g/mol. The zero-order valence-electron chi connectivity index (χ0n) is 17.7. The molecule has 2 rings (SSSR count). The van der Waals surface area contributed by atoms with E-state index in [-0.39, 0.29) is 5.75 Å². The molecule has 0 saturated heterocycles. The van der Waals surface area contributed by atoms with Crippen molar-refractivity contribution in [3.8, 4) is 22.6 Å². The van der Waals surface area contributed by atoms with Crippen molar-refractivity contribution in [3.63, 3.8) is 0 Å². The largest absolute Gasteiger partial charge is 0.616 e. The van der Waals surface area contributed by atoms with E-state index >= 15 is 0 Å². The van der Waals surface area contributed by atoms with Gasteiger partial charge in [0.2, 0.25) is 0 Å². The summed E-state index contributed by atoms with van der Waals surface area (Å²) < 4.78 is 18.2. The van der Waals surface area contributed by atoms with Gasteiger partial charge in [-0.1, -0.05) is 35.5 Å². The van der Waals surface area contributed by atoms with Crippen molar-refractivity contribution in [1.29, 1.82) is 0 Å². The quantitative estimate of drug-likeness (QED) is 0.134. The van der Waals surface area contributed by atoms with Crippen LogP contribution in [0.5, 0.6) is 11.5 Å². The molecule has 0 aliphatic heterocycles. The topological polar surface area (TPSA) is 64.9 Å². The molecular weight excluding hydrogens is 426 g/mol. The van der Waals surface area contributed by atoms with Crippen molar-refractivity contribution in [2.75, 3.05) is 24.7 Å². The number of isothiocyanates is 1. The first-order chi connectivity index (χ1) is 15.1. The number of nitrogens with zero attached hydrogens (tertiary/aromatic N) is 1. The van der Waals surface area contributed by atoms with E-state index in [2.05, 4.69) is 35.5 Å². The van der Waals surface area contributed by atoms with Crippen molar-refractivity contribution in [1.82, 2.24) is 0 Å². The molecular formula is C25H29NO3S2. The predicted molar refractivity (Wildman–Crippen MR) is 134 cm³/mol. The highest BCUT2D eigenvalue weighted by molar-refractivity contribution is 7.91. The molecule has 0 amide bonds. The Morgan fingerprint density at radius 2 is 1.71 bits per heavy atom. The third-order valence-electron chi connectivity index (χ3n) is 4.68. The zero-order valence-corrected chi connectivity index (χ0v) is 19.4. The second-order valence-electron chi connectivity index (χ2n) is 7.04. The number of hydrogen-bond donors (Lipinski definition) is 1. The number of phenols is 1. The maximum Gasteiger partial charge on any atom is 0.139 e. The van der Waals surface area contributed by atoms with Gasteiger partial charge < -0.3 is 14.4 Å². The Labute approximate surface area is 193 Å². The van der Waals surface area contributed by atoms with Crippen LogP contribution < -0.4 is 4.74 Å². The number of unbranched alkanes of at least 4 members (excludes halogenated alkanes) is 1. The lowest BCUT2D eigenvalue weighted by molar-refractivity contribution is 0.342. The van der Waals surface area contributed by atoms with Gasteiger partial charge in [0, 0.05) is 17.7 Å². The molecule has 2 aromatic rings. The first kappa shape index (κ1) is 24.9. The van der Waals surface area contributed by atoms with E-state index in [4.69, 9.17) is 4.74 Å². The number of phenolic OH excluding ortho intramolecular Hbond substituents is 1. The van der Waals surface area contributed by atoms with E-state index in [1.54, 1.807) is 6.07 Å². The second-order valence-corrected chi connectivity index (χ2v) is 8.92. The number of benzene rings is 2. The van der Waals surface area contributed by atoms with Gasteiger partial charge in [0.05, 0.1) is 5.16 Å². The Kier molecular flexibility index (Phi) is 11.1. The van der Waals surface area contributed by atoms with Gasteiger partial charge in [-0.3, -0.25) is 0 Å². The van der Waals surface area contributed by atoms with Crippen LogP contribution in [0.2, 0.25) is 0 Å². The van der Waals surface area contributed by atoms with Gasteiger partial charge in [0.25, 0.3) is 0 Å². The molecule has 4 nitrogen and oxygen atoms in total. The van der Waals surface area contributed by atoms with Crippen LogP contribution in [-0.4, -0.2) is 39.5 Å². The fraction of sp³-hybridized carbons (Fsp3) is 0.320. The molecule has 0 heterocycles. The molecule has 1 N–H and O–H groups in total. The van der Waals surface area contributed by atoms with Crippen LogP contribution in [-0.2, 0) is 24.0 Å². The number of aliphatic imine (C=N–C) groups is 1. The SMILES string of the molecule is C=CCc1ccc(O)c(-c2cc(CC=C)ccc2OCC[S+]([O-])CCCCN=C=S)c1. The third kappa shape index (κ3) is 8.35. The van der Waals surface area contributed by atoms with Crippen LogP contribution in [0.25, 0.3) is 11.1 Å². The van der Waals surface area contributed by atoms with E-state index in [1.165, 1.54) is 0 Å². The predicted octanol–water partition coefficient (Wildman–Crippen LogP) is 5.53. The van der Waals surface area contributed by atoms with Crippen molar-refractivity contribution in [3.05, 3.63) is 72.8 Å². The Morgan fingerprint density at radius 3 is 2.39 bits per heavy atom. The van der Waals surface area contributed by atoms with Gasteiger partial charge in [0.15, 0.2) is 0 Å². The lowest BCUT2D eigenvalue weighted by Crippen LogP contribution is -2.17. The molecule has 1 atom stereocenters. The lowest BCUT2D eigenvalue weighted by atomic mass is 9.97. The zero-order chi connectivity index (χ0) is 22.5. The van der Waals surface area contributed by atoms with Gasteiger partial charge >= 0.3 is 0 Å². The molecule has 1 unspecified atom stereocenters. The van der Waals surface area contributed by atoms with E-state index < -0.39 is 11.2 Å². The summed E-state index contributed by atoms with van der Waals surface area (Å²) in [6.07, 6.45) is 6.79. The van der Waals surface area contributed by atoms with Crippen molar-refractivity contribution >= 4 is 28.6 Å². The molecule has 6 heteroatoms. The summed E-state index contributed by atoms with van der Waals surface area (Å²) >= 11 is 3.58. The fourth-order valence-corrected chi connectivity index (χ4v) is 4.24. The number of hydrogen-bond acceptors (Lipinski definition) is 5. The standard InChI is InChI=1S/C25H29NO3S2/c1-3-7-20-9-11-24(27)22(17-20)23-18-21(8-4-2)10-12-25(23)29-14-16-31(28)15-6-5-13-26-19-30/h3-4,9-12,17-18,27H,1-2,5-8,13-16H2. The minimum atomic E-state index is -0.955. The average molecular weight is 456 g/mol. The summed E-state index contributed by atoms with van der Waals surface area (Å²) in [4.78, 5) is 3.86. The number of ether oxygens (including phenoxy) is 1. The minimum absolute atomic E-state index is 0.191. The van der Waals surface area contributed by atoms with Crippen molar-refractivity contribution in [2.24, 2.45) is 4.99 Å². The minimum Gasteiger partial charge on any atom is -0.616 e. The van der Waals surface area contributed by atoms with Crippen LogP contribution in [0, 0.1) is 0 Å². The average Bonchev–Trinajstić information content (AvgIpc) is 2.76. The molecule has 0 spiro atoms. The number of aromatic hydroxyl groups is 1. The highest BCUT2D eigenvalue weighted by atomic mass is 32.2. The van der Waals surface area contributed by atoms with Gasteiger partial charge in [-0.15, -0.1) is 13.2 Å². The molecule has 0 aliphatic carbocycles. The maximum absolute atomic E-state index is 12.2. The smallest absolute Gasteiger partial charge is 0.139 e. The molecule has 0 saturated carbocycles. The summed E-state index contributed by atoms with van der Waals surface area (Å²) in [6.45, 7) is 8.57. The van der Waals surface area contributed by atoms with Crippen molar-refractivity contribution < 1.29 is 14.4 Å². The summed E-state index contributed by atoms with van der Waals surface area (Å²) in [5, 5.41) is 12.8. The normalized spacial score (nSPS) is 11.4. The highest BCUT2D eigenvalue weighted by Gasteiger charge is 2.14. The molecule has 0 aromatic heterocycles. The Bertz CT molecular complexity index is 923. The number of allylic oxidation sites excluding steroid dienone is 2. The van der Waals surface area contributed by atoms with Crippen LogP contribution in [0.1, 0.15) is 24.0 Å². The number of thiocarbonyl (C=S) groups is 1. The van der Waals surface area contributed by atoms with Crippen LogP contribution in [0.4, 0.5) is 0 Å².